The highest BCUT2D eigenvalue weighted by molar-refractivity contribution is 9.10. The van der Waals surface area contributed by atoms with Crippen LogP contribution in [0.2, 0.25) is 0 Å². The van der Waals surface area contributed by atoms with Crippen LogP contribution in [-0.4, -0.2) is 21.4 Å². The van der Waals surface area contributed by atoms with Gasteiger partial charge in [-0.05, 0) is 40.4 Å². The van der Waals surface area contributed by atoms with Gasteiger partial charge in [0.2, 0.25) is 11.6 Å². The van der Waals surface area contributed by atoms with Gasteiger partial charge in [-0.3, -0.25) is 14.4 Å². The summed E-state index contributed by atoms with van der Waals surface area (Å²) in [7, 11) is 0. The van der Waals surface area contributed by atoms with Gasteiger partial charge in [0.05, 0.1) is 10.0 Å². The first kappa shape index (κ1) is 12.5. The molecule has 0 unspecified atom stereocenters. The van der Waals surface area contributed by atoms with E-state index < -0.39 is 16.8 Å². The molecule has 0 spiro atoms. The second-order valence-corrected chi connectivity index (χ2v) is 5.03. The molecule has 6 heteroatoms. The second-order valence-electron chi connectivity index (χ2n) is 3.90. The van der Waals surface area contributed by atoms with Crippen molar-refractivity contribution in [1.82, 2.24) is 4.57 Å². The van der Waals surface area contributed by atoms with E-state index in [0.717, 1.165) is 12.1 Å². The number of rotatable bonds is 3. The highest BCUT2D eigenvalue weighted by Crippen LogP contribution is 2.34. The first-order valence-electron chi connectivity index (χ1n) is 5.11. The maximum absolute atomic E-state index is 11.8. The third kappa shape index (κ3) is 1.87. The minimum Gasteiger partial charge on any atom is -0.340 e. The number of Topliss-reactive ketones (excluding diaryl/α,β-unsaturated/α-hetero) is 2. The number of hydrogen-bond donors (Lipinski definition) is 0. The summed E-state index contributed by atoms with van der Waals surface area (Å²) in [5.74, 6) is -1.14. The van der Waals surface area contributed by atoms with Crippen molar-refractivity contribution in [3.63, 3.8) is 0 Å². The van der Waals surface area contributed by atoms with E-state index in [1.807, 2.05) is 0 Å². The minimum atomic E-state index is -0.606. The molecule has 1 aliphatic rings. The molecule has 0 atom stereocenters. The fourth-order valence-corrected chi connectivity index (χ4v) is 3.25. The van der Waals surface area contributed by atoms with Crippen molar-refractivity contribution in [3.05, 3.63) is 21.4 Å². The van der Waals surface area contributed by atoms with Gasteiger partial charge in [0, 0.05) is 19.2 Å². The van der Waals surface area contributed by atoms with E-state index in [9.17, 15) is 14.4 Å². The molecule has 0 amide bonds. The van der Waals surface area contributed by atoms with Crippen molar-refractivity contribution in [2.45, 2.75) is 26.3 Å². The molecule has 0 aliphatic carbocycles. The zero-order chi connectivity index (χ0) is 12.7. The lowest BCUT2D eigenvalue weighted by Crippen LogP contribution is -2.15. The number of carbonyl (C=O) groups is 3. The van der Waals surface area contributed by atoms with Crippen LogP contribution in [0.1, 0.15) is 39.9 Å². The number of halogens is 2. The Kier molecular flexibility index (Phi) is 3.23. The Bertz CT molecular complexity index is 547. The third-order valence-electron chi connectivity index (χ3n) is 2.84. The van der Waals surface area contributed by atoms with Gasteiger partial charge in [-0.2, -0.15) is 0 Å². The van der Waals surface area contributed by atoms with E-state index in [1.54, 1.807) is 4.57 Å². The maximum Gasteiger partial charge on any atom is 0.255 e. The summed E-state index contributed by atoms with van der Waals surface area (Å²) in [5, 5.41) is -0.606. The van der Waals surface area contributed by atoms with Crippen LogP contribution in [0.3, 0.4) is 0 Å². The Hall–Kier alpha value is -0.940. The SMILES string of the molecule is CC(=O)C(=O)c1c(Br)c(C(=O)Cl)c2n1CCC2. The average molecular weight is 319 g/mol. The number of hydrogen-bond acceptors (Lipinski definition) is 3. The molecule has 1 aromatic heterocycles. The Morgan fingerprint density at radius 2 is 2.00 bits per heavy atom. The topological polar surface area (TPSA) is 56.1 Å². The first-order chi connectivity index (χ1) is 7.95. The molecule has 0 saturated carbocycles. The van der Waals surface area contributed by atoms with E-state index in [1.165, 1.54) is 6.92 Å². The third-order valence-corrected chi connectivity index (χ3v) is 3.80. The zero-order valence-electron chi connectivity index (χ0n) is 9.05. The van der Waals surface area contributed by atoms with Crippen molar-refractivity contribution >= 4 is 44.3 Å². The molecule has 4 nitrogen and oxygen atoms in total. The van der Waals surface area contributed by atoms with E-state index in [0.29, 0.717) is 23.0 Å². The average Bonchev–Trinajstić information content (AvgIpc) is 2.74. The predicted molar refractivity (Wildman–Crippen MR) is 65.6 cm³/mol. The lowest BCUT2D eigenvalue weighted by molar-refractivity contribution is -0.113. The van der Waals surface area contributed by atoms with Gasteiger partial charge < -0.3 is 4.57 Å². The van der Waals surface area contributed by atoms with Crippen LogP contribution in [0.4, 0.5) is 0 Å². The summed E-state index contributed by atoms with van der Waals surface area (Å²) in [5.41, 5.74) is 1.30. The summed E-state index contributed by atoms with van der Waals surface area (Å²) in [6, 6.07) is 0. The van der Waals surface area contributed by atoms with Crippen LogP contribution < -0.4 is 0 Å². The molecule has 2 rings (SSSR count). The summed E-state index contributed by atoms with van der Waals surface area (Å²) in [6.07, 6.45) is 1.54. The van der Waals surface area contributed by atoms with E-state index in [4.69, 9.17) is 11.6 Å². The minimum absolute atomic E-state index is 0.244. The van der Waals surface area contributed by atoms with Crippen LogP contribution in [0, 0.1) is 0 Å². The van der Waals surface area contributed by atoms with Crippen molar-refractivity contribution in [2.75, 3.05) is 0 Å². The van der Waals surface area contributed by atoms with Gasteiger partial charge in [-0.25, -0.2) is 0 Å². The molecular weight excluding hydrogens is 309 g/mol. The van der Waals surface area contributed by atoms with Crippen LogP contribution in [-0.2, 0) is 17.8 Å². The Balaban J connectivity index is 2.69. The normalized spacial score (nSPS) is 13.6. The fraction of sp³-hybridized carbons (Fsp3) is 0.364. The highest BCUT2D eigenvalue weighted by atomic mass is 79.9. The summed E-state index contributed by atoms with van der Waals surface area (Å²) in [6.45, 7) is 1.85. The number of nitrogens with zero attached hydrogens (tertiary/aromatic N) is 1. The molecule has 1 aromatic rings. The Morgan fingerprint density at radius 1 is 1.35 bits per heavy atom. The number of ketones is 2. The van der Waals surface area contributed by atoms with Gasteiger partial charge in [-0.1, -0.05) is 0 Å². The van der Waals surface area contributed by atoms with Crippen molar-refractivity contribution < 1.29 is 14.4 Å². The summed E-state index contributed by atoms with van der Waals surface area (Å²) < 4.78 is 2.05. The van der Waals surface area contributed by atoms with Crippen LogP contribution >= 0.6 is 27.5 Å². The maximum atomic E-state index is 11.8. The fourth-order valence-electron chi connectivity index (χ4n) is 2.13. The van der Waals surface area contributed by atoms with Gasteiger partial charge >= 0.3 is 0 Å². The van der Waals surface area contributed by atoms with Crippen LogP contribution in [0.15, 0.2) is 4.47 Å². The molecule has 1 aliphatic heterocycles. The molecule has 0 N–H and O–H groups in total. The van der Waals surface area contributed by atoms with Crippen LogP contribution in [0.5, 0.6) is 0 Å². The van der Waals surface area contributed by atoms with Gasteiger partial charge in [0.15, 0.2) is 0 Å². The summed E-state index contributed by atoms with van der Waals surface area (Å²) in [4.78, 5) is 34.3. The Labute approximate surface area is 111 Å². The number of fused-ring (bicyclic) bond motifs is 1. The standard InChI is InChI=1S/C11H9BrClNO3/c1-5(15)10(16)9-8(12)7(11(13)17)6-3-2-4-14(6)9/h2-4H2,1H3. The van der Waals surface area contributed by atoms with E-state index in [2.05, 4.69) is 15.9 Å². The van der Waals surface area contributed by atoms with E-state index in [-0.39, 0.29) is 5.69 Å². The first-order valence-corrected chi connectivity index (χ1v) is 6.28. The number of aromatic nitrogens is 1. The zero-order valence-corrected chi connectivity index (χ0v) is 11.4. The monoisotopic (exact) mass is 317 g/mol. The van der Waals surface area contributed by atoms with Gasteiger partial charge in [-0.15, -0.1) is 0 Å². The molecule has 2 heterocycles. The largest absolute Gasteiger partial charge is 0.340 e. The quantitative estimate of drug-likeness (QED) is 0.488. The second kappa shape index (κ2) is 4.38. The van der Waals surface area contributed by atoms with Gasteiger partial charge in [0.25, 0.3) is 5.24 Å². The van der Waals surface area contributed by atoms with Crippen molar-refractivity contribution in [3.8, 4) is 0 Å². The van der Waals surface area contributed by atoms with Crippen LogP contribution in [0.25, 0.3) is 0 Å². The Morgan fingerprint density at radius 3 is 2.53 bits per heavy atom. The lowest BCUT2D eigenvalue weighted by Gasteiger charge is -2.02. The lowest BCUT2D eigenvalue weighted by atomic mass is 10.1. The summed E-state index contributed by atoms with van der Waals surface area (Å²) >= 11 is 8.71. The van der Waals surface area contributed by atoms with Crippen molar-refractivity contribution in [1.29, 1.82) is 0 Å². The van der Waals surface area contributed by atoms with E-state index >= 15 is 0 Å². The molecule has 0 bridgehead atoms. The molecule has 0 fully saturated rings. The molecule has 17 heavy (non-hydrogen) atoms. The molecular formula is C11H9BrClNO3. The molecule has 90 valence electrons. The highest BCUT2D eigenvalue weighted by Gasteiger charge is 2.32. The predicted octanol–water partition coefficient (Wildman–Crippen LogP) is 2.35. The smallest absolute Gasteiger partial charge is 0.255 e. The molecule has 0 saturated heterocycles. The van der Waals surface area contributed by atoms with Crippen molar-refractivity contribution in [2.24, 2.45) is 0 Å². The van der Waals surface area contributed by atoms with Gasteiger partial charge in [0.1, 0.15) is 5.69 Å². The number of carbonyl (C=O) groups excluding carboxylic acids is 3. The molecule has 0 radical (unpaired) electrons. The molecule has 0 aromatic carbocycles.